The second-order valence-electron chi connectivity index (χ2n) is 5.78. The smallest absolute Gasteiger partial charge is 0.307 e. The van der Waals surface area contributed by atoms with Gasteiger partial charge in [-0.2, -0.15) is 5.10 Å². The van der Waals surface area contributed by atoms with Gasteiger partial charge in [-0.05, 0) is 23.6 Å². The molecule has 1 amide bonds. The minimum absolute atomic E-state index is 0.245. The third kappa shape index (κ3) is 1.84. The van der Waals surface area contributed by atoms with Crippen LogP contribution in [0.25, 0.3) is 10.9 Å². The Kier molecular flexibility index (Phi) is 2.57. The van der Waals surface area contributed by atoms with Gasteiger partial charge in [-0.15, -0.1) is 0 Å². The first-order valence-corrected chi connectivity index (χ1v) is 6.38. The number of hydrogen-bond acceptors (Lipinski definition) is 3. The molecule has 1 heterocycles. The van der Waals surface area contributed by atoms with Crippen molar-refractivity contribution in [1.29, 1.82) is 0 Å². The van der Waals surface area contributed by atoms with Crippen LogP contribution >= 0.6 is 0 Å². The van der Waals surface area contributed by atoms with Crippen LogP contribution in [0.4, 0.5) is 5.69 Å². The largest absolute Gasteiger partial charge is 0.481 e. The highest BCUT2D eigenvalue weighted by Gasteiger charge is 2.65. The van der Waals surface area contributed by atoms with Gasteiger partial charge < -0.3 is 10.4 Å². The number of carboxylic acid groups (broad SMARTS) is 1. The third-order valence-corrected chi connectivity index (χ3v) is 4.08. The van der Waals surface area contributed by atoms with Gasteiger partial charge in [0, 0.05) is 11.1 Å². The minimum Gasteiger partial charge on any atom is -0.481 e. The van der Waals surface area contributed by atoms with Crippen LogP contribution in [-0.4, -0.2) is 27.2 Å². The van der Waals surface area contributed by atoms with Crippen molar-refractivity contribution in [2.45, 2.75) is 13.8 Å². The van der Waals surface area contributed by atoms with Crippen LogP contribution in [0.15, 0.2) is 24.4 Å². The third-order valence-electron chi connectivity index (χ3n) is 4.08. The van der Waals surface area contributed by atoms with Crippen LogP contribution in [0.2, 0.25) is 0 Å². The van der Waals surface area contributed by atoms with Crippen molar-refractivity contribution in [2.75, 3.05) is 5.32 Å². The summed E-state index contributed by atoms with van der Waals surface area (Å²) in [6, 6.07) is 5.40. The molecule has 104 valence electrons. The molecule has 2 aromatic rings. The van der Waals surface area contributed by atoms with Crippen molar-refractivity contribution >= 4 is 28.5 Å². The molecule has 0 radical (unpaired) electrons. The quantitative estimate of drug-likeness (QED) is 0.795. The molecule has 1 aromatic carbocycles. The molecule has 0 aliphatic heterocycles. The highest BCUT2D eigenvalue weighted by molar-refractivity contribution is 6.00. The van der Waals surface area contributed by atoms with E-state index in [2.05, 4.69) is 15.5 Å². The van der Waals surface area contributed by atoms with Crippen LogP contribution in [0.1, 0.15) is 13.8 Å². The highest BCUT2D eigenvalue weighted by Crippen LogP contribution is 2.58. The summed E-state index contributed by atoms with van der Waals surface area (Å²) in [7, 11) is 0. The maximum absolute atomic E-state index is 12.2. The summed E-state index contributed by atoms with van der Waals surface area (Å²) >= 11 is 0. The number of H-pyrrole nitrogens is 1. The van der Waals surface area contributed by atoms with Gasteiger partial charge in [-0.3, -0.25) is 14.7 Å². The standard InChI is InChI=1S/C14H15N3O3/c1-14(2)10(11(14)13(19)20)12(18)16-8-3-4-9-7(5-8)6-15-17-9/h3-6,10-11H,1-2H3,(H,15,17)(H,16,18)(H,19,20)/t10-,11+/m1/s1. The van der Waals surface area contributed by atoms with E-state index in [1.807, 2.05) is 12.1 Å². The lowest BCUT2D eigenvalue weighted by molar-refractivity contribution is -0.140. The molecule has 0 unspecified atom stereocenters. The van der Waals surface area contributed by atoms with Gasteiger partial charge in [0.1, 0.15) is 0 Å². The van der Waals surface area contributed by atoms with Crippen molar-refractivity contribution in [2.24, 2.45) is 17.3 Å². The van der Waals surface area contributed by atoms with E-state index >= 15 is 0 Å². The SMILES string of the molecule is CC1(C)[C@H](C(=O)O)[C@@H]1C(=O)Nc1ccc2[nH]ncc2c1. The van der Waals surface area contributed by atoms with E-state index < -0.39 is 23.2 Å². The molecule has 1 aromatic heterocycles. The van der Waals surface area contributed by atoms with E-state index in [0.29, 0.717) is 5.69 Å². The van der Waals surface area contributed by atoms with Crippen molar-refractivity contribution in [3.05, 3.63) is 24.4 Å². The van der Waals surface area contributed by atoms with Crippen molar-refractivity contribution in [3.8, 4) is 0 Å². The summed E-state index contributed by atoms with van der Waals surface area (Å²) in [6.07, 6.45) is 1.67. The highest BCUT2D eigenvalue weighted by atomic mass is 16.4. The molecule has 6 nitrogen and oxygen atoms in total. The predicted octanol–water partition coefficient (Wildman–Crippen LogP) is 1.86. The molecular formula is C14H15N3O3. The molecule has 3 rings (SSSR count). The predicted molar refractivity (Wildman–Crippen MR) is 73.1 cm³/mol. The summed E-state index contributed by atoms with van der Waals surface area (Å²) in [5, 5.41) is 19.5. The number of aromatic nitrogens is 2. The van der Waals surface area contributed by atoms with Crippen LogP contribution in [0.3, 0.4) is 0 Å². The van der Waals surface area contributed by atoms with Gasteiger partial charge >= 0.3 is 5.97 Å². The number of anilines is 1. The van der Waals surface area contributed by atoms with Crippen molar-refractivity contribution in [1.82, 2.24) is 10.2 Å². The molecule has 2 atom stereocenters. The number of nitrogens with zero attached hydrogens (tertiary/aromatic N) is 1. The summed E-state index contributed by atoms with van der Waals surface area (Å²) in [4.78, 5) is 23.3. The number of carbonyl (C=O) groups excluding carboxylic acids is 1. The fourth-order valence-electron chi connectivity index (χ4n) is 2.83. The number of fused-ring (bicyclic) bond motifs is 1. The van der Waals surface area contributed by atoms with Gasteiger partial charge in [-0.25, -0.2) is 0 Å². The number of nitrogens with one attached hydrogen (secondary N) is 2. The molecule has 3 N–H and O–H groups in total. The molecular weight excluding hydrogens is 258 g/mol. The number of carbonyl (C=O) groups is 2. The Morgan fingerprint density at radius 2 is 2.10 bits per heavy atom. The van der Waals surface area contributed by atoms with E-state index in [0.717, 1.165) is 10.9 Å². The average Bonchev–Trinajstić information content (AvgIpc) is 2.73. The zero-order valence-electron chi connectivity index (χ0n) is 11.2. The second kappa shape index (κ2) is 4.06. The molecule has 1 aliphatic carbocycles. The molecule has 6 heteroatoms. The Bertz CT molecular complexity index is 705. The molecule has 0 spiro atoms. The first-order chi connectivity index (χ1) is 9.41. The Labute approximate surface area is 115 Å². The van der Waals surface area contributed by atoms with E-state index in [1.54, 1.807) is 26.1 Å². The van der Waals surface area contributed by atoms with Crippen LogP contribution < -0.4 is 5.32 Å². The Morgan fingerprint density at radius 3 is 2.75 bits per heavy atom. The summed E-state index contributed by atoms with van der Waals surface area (Å²) in [5.41, 5.74) is 1.05. The van der Waals surface area contributed by atoms with Crippen molar-refractivity contribution < 1.29 is 14.7 Å². The zero-order chi connectivity index (χ0) is 14.5. The van der Waals surface area contributed by atoms with Crippen molar-refractivity contribution in [3.63, 3.8) is 0 Å². The maximum atomic E-state index is 12.2. The summed E-state index contributed by atoms with van der Waals surface area (Å²) < 4.78 is 0. The number of amides is 1. The number of benzene rings is 1. The number of hydrogen-bond donors (Lipinski definition) is 3. The average molecular weight is 273 g/mol. The normalized spacial score (nSPS) is 23.5. The zero-order valence-corrected chi connectivity index (χ0v) is 11.2. The van der Waals surface area contributed by atoms with Crippen LogP contribution in [-0.2, 0) is 9.59 Å². The van der Waals surface area contributed by atoms with Gasteiger partial charge in [0.15, 0.2) is 0 Å². The lowest BCUT2D eigenvalue weighted by Crippen LogP contribution is -2.17. The minimum atomic E-state index is -0.916. The van der Waals surface area contributed by atoms with E-state index in [4.69, 9.17) is 5.11 Å². The lowest BCUT2D eigenvalue weighted by Gasteiger charge is -2.06. The second-order valence-corrected chi connectivity index (χ2v) is 5.78. The van der Waals surface area contributed by atoms with Gasteiger partial charge in [0.2, 0.25) is 5.91 Å². The molecule has 0 saturated heterocycles. The van der Waals surface area contributed by atoms with Crippen LogP contribution in [0, 0.1) is 17.3 Å². The van der Waals surface area contributed by atoms with E-state index in [1.165, 1.54) is 0 Å². The number of rotatable bonds is 3. The molecule has 1 aliphatic rings. The Morgan fingerprint density at radius 1 is 1.35 bits per heavy atom. The monoisotopic (exact) mass is 273 g/mol. The lowest BCUT2D eigenvalue weighted by atomic mass is 10.1. The first-order valence-electron chi connectivity index (χ1n) is 6.38. The Hall–Kier alpha value is -2.37. The number of aliphatic carboxylic acids is 1. The first kappa shape index (κ1) is 12.7. The summed E-state index contributed by atoms with van der Waals surface area (Å²) in [5.74, 6) is -2.26. The Balaban J connectivity index is 1.78. The topological polar surface area (TPSA) is 95.1 Å². The van der Waals surface area contributed by atoms with Crippen LogP contribution in [0.5, 0.6) is 0 Å². The molecule has 20 heavy (non-hydrogen) atoms. The van der Waals surface area contributed by atoms with Gasteiger partial charge in [0.05, 0.1) is 23.5 Å². The van der Waals surface area contributed by atoms with E-state index in [-0.39, 0.29) is 5.91 Å². The van der Waals surface area contributed by atoms with E-state index in [9.17, 15) is 9.59 Å². The maximum Gasteiger partial charge on any atom is 0.307 e. The van der Waals surface area contributed by atoms with Gasteiger partial charge in [0.25, 0.3) is 0 Å². The fourth-order valence-corrected chi connectivity index (χ4v) is 2.83. The molecule has 1 saturated carbocycles. The number of carboxylic acids is 1. The fraction of sp³-hybridized carbons (Fsp3) is 0.357. The summed E-state index contributed by atoms with van der Waals surface area (Å²) in [6.45, 7) is 3.60. The molecule has 1 fully saturated rings. The van der Waals surface area contributed by atoms with Gasteiger partial charge in [-0.1, -0.05) is 13.8 Å². The number of aromatic amines is 1. The molecule has 0 bridgehead atoms.